The number of phenols is 1. The molecule has 0 saturated carbocycles. The van der Waals surface area contributed by atoms with Gasteiger partial charge >= 0.3 is 0 Å². The fourth-order valence-electron chi connectivity index (χ4n) is 1.42. The number of aromatic hydroxyl groups is 1. The van der Waals surface area contributed by atoms with Gasteiger partial charge in [-0.25, -0.2) is 5.10 Å². The predicted octanol–water partition coefficient (Wildman–Crippen LogP) is 0.338. The molecule has 0 radical (unpaired) electrons. The number of carbonyl (C=O) groups is 1. The summed E-state index contributed by atoms with van der Waals surface area (Å²) in [4.78, 5) is 11.9. The van der Waals surface area contributed by atoms with Gasteiger partial charge in [0, 0.05) is 0 Å². The molecule has 0 bridgehead atoms. The zero-order valence-electron chi connectivity index (χ0n) is 9.30. The van der Waals surface area contributed by atoms with Crippen molar-refractivity contribution in [3.8, 4) is 11.8 Å². The van der Waals surface area contributed by atoms with Gasteiger partial charge < -0.3 is 5.11 Å². The van der Waals surface area contributed by atoms with Gasteiger partial charge in [0.05, 0.1) is 11.1 Å². The highest BCUT2D eigenvalue weighted by molar-refractivity contribution is 6.05. The average molecular weight is 244 g/mol. The molecule has 8 nitrogen and oxygen atoms in total. The number of tetrazole rings is 1. The van der Waals surface area contributed by atoms with Gasteiger partial charge in [-0.1, -0.05) is 5.10 Å². The number of benzene rings is 1. The molecule has 0 unspecified atom stereocenters. The molecule has 1 aromatic heterocycles. The number of carbonyl (C=O) groups excluding carboxylic acids is 1. The number of aryl methyl sites for hydroxylation is 1. The van der Waals surface area contributed by atoms with Crippen LogP contribution in [-0.4, -0.2) is 31.6 Å². The van der Waals surface area contributed by atoms with Crippen molar-refractivity contribution in [2.45, 2.75) is 6.92 Å². The normalized spacial score (nSPS) is 9.78. The third kappa shape index (κ3) is 2.10. The first-order valence-electron chi connectivity index (χ1n) is 4.90. The quantitative estimate of drug-likeness (QED) is 0.698. The maximum absolute atomic E-state index is 11.9. The third-order valence-corrected chi connectivity index (χ3v) is 2.20. The molecule has 18 heavy (non-hydrogen) atoms. The van der Waals surface area contributed by atoms with E-state index < -0.39 is 5.91 Å². The highest BCUT2D eigenvalue weighted by atomic mass is 16.3. The Morgan fingerprint density at radius 2 is 2.33 bits per heavy atom. The summed E-state index contributed by atoms with van der Waals surface area (Å²) in [5, 5.41) is 33.4. The summed E-state index contributed by atoms with van der Waals surface area (Å²) in [6.07, 6.45) is 0. The smallest absolute Gasteiger partial charge is 0.261 e. The van der Waals surface area contributed by atoms with Crippen LogP contribution < -0.4 is 5.32 Å². The number of rotatable bonds is 2. The van der Waals surface area contributed by atoms with Crippen LogP contribution in [0.25, 0.3) is 0 Å². The summed E-state index contributed by atoms with van der Waals surface area (Å²) in [7, 11) is 0. The van der Waals surface area contributed by atoms with E-state index in [0.29, 0.717) is 5.56 Å². The second-order valence-corrected chi connectivity index (χ2v) is 3.52. The van der Waals surface area contributed by atoms with E-state index in [1.165, 1.54) is 12.1 Å². The molecule has 1 amide bonds. The van der Waals surface area contributed by atoms with Crippen molar-refractivity contribution in [3.05, 3.63) is 28.8 Å². The van der Waals surface area contributed by atoms with Crippen LogP contribution in [0, 0.1) is 18.3 Å². The number of nitriles is 1. The zero-order chi connectivity index (χ0) is 13.1. The van der Waals surface area contributed by atoms with E-state index in [1.807, 2.05) is 6.07 Å². The first-order valence-corrected chi connectivity index (χ1v) is 4.90. The van der Waals surface area contributed by atoms with Crippen LogP contribution in [0.2, 0.25) is 0 Å². The lowest BCUT2D eigenvalue weighted by Gasteiger charge is -2.06. The molecule has 0 aliphatic rings. The maximum atomic E-state index is 11.9. The largest absolute Gasteiger partial charge is 0.506 e. The molecule has 0 atom stereocenters. The predicted molar refractivity (Wildman–Crippen MR) is 59.7 cm³/mol. The van der Waals surface area contributed by atoms with Gasteiger partial charge in [-0.05, 0) is 35.0 Å². The molecule has 0 saturated heterocycles. The molecule has 2 rings (SSSR count). The van der Waals surface area contributed by atoms with Crippen LogP contribution in [0.15, 0.2) is 12.1 Å². The molecular formula is C10H8N6O2. The van der Waals surface area contributed by atoms with Crippen molar-refractivity contribution in [2.75, 3.05) is 5.32 Å². The summed E-state index contributed by atoms with van der Waals surface area (Å²) >= 11 is 0. The fraction of sp³-hybridized carbons (Fsp3) is 0.100. The van der Waals surface area contributed by atoms with Crippen LogP contribution >= 0.6 is 0 Å². The minimum Gasteiger partial charge on any atom is -0.506 e. The minimum absolute atomic E-state index is 0.0112. The number of hydrogen-bond acceptors (Lipinski definition) is 6. The van der Waals surface area contributed by atoms with Crippen LogP contribution in [0.3, 0.4) is 0 Å². The Morgan fingerprint density at radius 1 is 1.56 bits per heavy atom. The molecule has 3 N–H and O–H groups in total. The Hall–Kier alpha value is -2.95. The second-order valence-electron chi connectivity index (χ2n) is 3.52. The summed E-state index contributed by atoms with van der Waals surface area (Å²) < 4.78 is 0. The second kappa shape index (κ2) is 4.50. The zero-order valence-corrected chi connectivity index (χ0v) is 9.30. The van der Waals surface area contributed by atoms with Gasteiger partial charge in [0.15, 0.2) is 0 Å². The van der Waals surface area contributed by atoms with Crippen LogP contribution in [0.4, 0.5) is 5.95 Å². The van der Waals surface area contributed by atoms with Crippen molar-refractivity contribution in [2.24, 2.45) is 0 Å². The molecule has 0 aliphatic heterocycles. The Kier molecular flexibility index (Phi) is 2.89. The highest BCUT2D eigenvalue weighted by Crippen LogP contribution is 2.24. The van der Waals surface area contributed by atoms with Crippen LogP contribution in [0.5, 0.6) is 5.75 Å². The topological polar surface area (TPSA) is 128 Å². The van der Waals surface area contributed by atoms with E-state index in [-0.39, 0.29) is 22.8 Å². The Bertz CT molecular complexity index is 629. The van der Waals surface area contributed by atoms with E-state index in [4.69, 9.17) is 5.26 Å². The molecule has 8 heteroatoms. The first kappa shape index (κ1) is 11.5. The lowest BCUT2D eigenvalue weighted by Crippen LogP contribution is -2.14. The lowest BCUT2D eigenvalue weighted by molar-refractivity contribution is 0.102. The maximum Gasteiger partial charge on any atom is 0.261 e. The molecule has 0 aliphatic carbocycles. The molecule has 90 valence electrons. The lowest BCUT2D eigenvalue weighted by atomic mass is 10.0. The van der Waals surface area contributed by atoms with E-state index in [2.05, 4.69) is 25.9 Å². The molecule has 0 spiro atoms. The average Bonchev–Trinajstić information content (AvgIpc) is 2.84. The van der Waals surface area contributed by atoms with Gasteiger partial charge in [-0.2, -0.15) is 5.26 Å². The summed E-state index contributed by atoms with van der Waals surface area (Å²) in [6, 6.07) is 4.77. The number of H-pyrrole nitrogens is 1. The van der Waals surface area contributed by atoms with Gasteiger partial charge in [0.25, 0.3) is 5.91 Å². The molecule has 0 fully saturated rings. The summed E-state index contributed by atoms with van der Waals surface area (Å²) in [5.74, 6) is -0.918. The van der Waals surface area contributed by atoms with Crippen molar-refractivity contribution in [3.63, 3.8) is 0 Å². The van der Waals surface area contributed by atoms with E-state index in [0.717, 1.165) is 0 Å². The Balaban J connectivity index is 2.36. The number of anilines is 1. The van der Waals surface area contributed by atoms with Gasteiger partial charge in [-0.3, -0.25) is 10.1 Å². The molecular weight excluding hydrogens is 236 g/mol. The molecule has 1 aromatic carbocycles. The first-order chi connectivity index (χ1) is 8.61. The molecule has 2 aromatic rings. The van der Waals surface area contributed by atoms with E-state index >= 15 is 0 Å². The van der Waals surface area contributed by atoms with Crippen LogP contribution in [-0.2, 0) is 0 Å². The number of phenolic OH excluding ortho intramolecular Hbond substituents is 1. The highest BCUT2D eigenvalue weighted by Gasteiger charge is 2.16. The summed E-state index contributed by atoms with van der Waals surface area (Å²) in [6.45, 7) is 1.72. The third-order valence-electron chi connectivity index (χ3n) is 2.20. The van der Waals surface area contributed by atoms with E-state index in [1.54, 1.807) is 6.92 Å². The van der Waals surface area contributed by atoms with Crippen LogP contribution in [0.1, 0.15) is 21.5 Å². The van der Waals surface area contributed by atoms with E-state index in [9.17, 15) is 9.90 Å². The van der Waals surface area contributed by atoms with Gasteiger partial charge in [0.2, 0.25) is 5.95 Å². The summed E-state index contributed by atoms with van der Waals surface area (Å²) in [5.41, 5.74) is 0.712. The number of amides is 1. The minimum atomic E-state index is -0.605. The number of aromatic nitrogens is 4. The number of nitrogens with zero attached hydrogens (tertiary/aromatic N) is 4. The Labute approximate surface area is 101 Å². The number of hydrogen-bond donors (Lipinski definition) is 3. The monoisotopic (exact) mass is 244 g/mol. The van der Waals surface area contributed by atoms with Gasteiger partial charge in [-0.15, -0.1) is 0 Å². The molecule has 1 heterocycles. The van der Waals surface area contributed by atoms with Crippen molar-refractivity contribution in [1.82, 2.24) is 20.6 Å². The van der Waals surface area contributed by atoms with Crippen molar-refractivity contribution in [1.29, 1.82) is 5.26 Å². The van der Waals surface area contributed by atoms with Crippen molar-refractivity contribution < 1.29 is 9.90 Å². The Morgan fingerprint density at radius 3 is 2.94 bits per heavy atom. The fourth-order valence-corrected chi connectivity index (χ4v) is 1.42. The SMILES string of the molecule is Cc1cc(C#N)c(O)c(C(=O)Nc2nnn[nH]2)c1. The van der Waals surface area contributed by atoms with Gasteiger partial charge in [0.1, 0.15) is 11.8 Å². The number of nitrogens with one attached hydrogen (secondary N) is 2. The standard InChI is InChI=1S/C10H8N6O2/c1-5-2-6(4-11)8(17)7(3-5)9(18)12-10-13-15-16-14-10/h2-3,17H,1H3,(H2,12,13,14,15,16,18). The van der Waals surface area contributed by atoms with Crippen molar-refractivity contribution >= 4 is 11.9 Å². The number of aromatic amines is 1.